The minimum atomic E-state index is -1.39. The standard InChI is InChI=1S/C22H21N5O8/c1-11(28)26(21(33)18-15(29)8-9-23-18)13-4-2-12(3-5-13)19-24-10-14(20(32)25-19)22(34)35-27-16(30)6-7-17(27)31/h2-7,10,18,21,23,30-31,33H,8-9H2,1H3,(H,24,25,32)/t18-,21?/m0/s1. The van der Waals surface area contributed by atoms with E-state index in [9.17, 15) is 34.5 Å². The first-order chi connectivity index (χ1) is 16.7. The molecular weight excluding hydrogens is 462 g/mol. The number of rotatable bonds is 6. The number of amides is 1. The molecule has 4 rings (SSSR count). The van der Waals surface area contributed by atoms with Gasteiger partial charge in [-0.05, 0) is 24.3 Å². The summed E-state index contributed by atoms with van der Waals surface area (Å²) in [5.41, 5.74) is -0.553. The molecule has 182 valence electrons. The van der Waals surface area contributed by atoms with Crippen LogP contribution < -0.4 is 20.6 Å². The molecule has 1 aromatic carbocycles. The third-order valence-corrected chi connectivity index (χ3v) is 5.39. The Bertz CT molecular complexity index is 1330. The summed E-state index contributed by atoms with van der Waals surface area (Å²) in [5, 5.41) is 32.6. The van der Waals surface area contributed by atoms with E-state index >= 15 is 0 Å². The van der Waals surface area contributed by atoms with E-state index in [1.165, 1.54) is 31.2 Å². The molecule has 2 aromatic heterocycles. The minimum absolute atomic E-state index is 0.104. The molecule has 1 aliphatic rings. The molecule has 2 atom stereocenters. The maximum absolute atomic E-state index is 12.4. The Hall–Kier alpha value is -4.49. The van der Waals surface area contributed by atoms with E-state index in [0.29, 0.717) is 22.5 Å². The lowest BCUT2D eigenvalue weighted by Crippen LogP contribution is -2.52. The van der Waals surface area contributed by atoms with Gasteiger partial charge in [-0.2, -0.15) is 0 Å². The van der Waals surface area contributed by atoms with Crippen LogP contribution in [0.1, 0.15) is 23.7 Å². The fourth-order valence-corrected chi connectivity index (χ4v) is 3.66. The lowest BCUT2D eigenvalue weighted by molar-refractivity contribution is -0.122. The molecule has 5 N–H and O–H groups in total. The number of Topliss-reactive ketones (excluding diaryl/α,β-unsaturated/α-hetero) is 1. The van der Waals surface area contributed by atoms with Crippen LogP contribution in [-0.2, 0) is 9.59 Å². The summed E-state index contributed by atoms with van der Waals surface area (Å²) >= 11 is 0. The van der Waals surface area contributed by atoms with Crippen molar-refractivity contribution in [3.05, 3.63) is 58.5 Å². The van der Waals surface area contributed by atoms with Crippen molar-refractivity contribution in [3.8, 4) is 23.1 Å². The highest BCUT2D eigenvalue weighted by atomic mass is 16.7. The number of nitrogens with one attached hydrogen (secondary N) is 2. The summed E-state index contributed by atoms with van der Waals surface area (Å²) in [5.74, 6) is -2.82. The number of aromatic hydroxyl groups is 2. The van der Waals surface area contributed by atoms with Crippen LogP contribution in [0.2, 0.25) is 0 Å². The Balaban J connectivity index is 1.54. The van der Waals surface area contributed by atoms with Crippen molar-refractivity contribution in [2.45, 2.75) is 25.6 Å². The second kappa shape index (κ2) is 9.40. The van der Waals surface area contributed by atoms with E-state index in [4.69, 9.17) is 4.84 Å². The van der Waals surface area contributed by atoms with Gasteiger partial charge in [0.25, 0.3) is 5.56 Å². The van der Waals surface area contributed by atoms with Gasteiger partial charge in [-0.3, -0.25) is 19.3 Å². The highest BCUT2D eigenvalue weighted by Crippen LogP contribution is 2.24. The van der Waals surface area contributed by atoms with Crippen molar-refractivity contribution in [2.75, 3.05) is 11.4 Å². The van der Waals surface area contributed by atoms with E-state index in [0.717, 1.165) is 23.2 Å². The Kier molecular flexibility index (Phi) is 6.36. The molecule has 3 heterocycles. The zero-order valence-corrected chi connectivity index (χ0v) is 18.3. The zero-order chi connectivity index (χ0) is 25.3. The maximum atomic E-state index is 12.4. The number of nitrogens with zero attached hydrogens (tertiary/aromatic N) is 3. The molecule has 1 unspecified atom stereocenters. The van der Waals surface area contributed by atoms with E-state index < -0.39 is 47.0 Å². The van der Waals surface area contributed by atoms with Gasteiger partial charge in [0.1, 0.15) is 17.4 Å². The molecule has 35 heavy (non-hydrogen) atoms. The number of aliphatic hydroxyl groups excluding tert-OH is 1. The first-order valence-electron chi connectivity index (χ1n) is 10.4. The van der Waals surface area contributed by atoms with Gasteiger partial charge in [-0.25, -0.2) is 9.78 Å². The minimum Gasteiger partial charge on any atom is -0.492 e. The second-order valence-corrected chi connectivity index (χ2v) is 7.70. The molecule has 0 radical (unpaired) electrons. The van der Waals surface area contributed by atoms with Gasteiger partial charge < -0.3 is 30.5 Å². The lowest BCUT2D eigenvalue weighted by Gasteiger charge is -2.30. The van der Waals surface area contributed by atoms with Crippen LogP contribution in [0.3, 0.4) is 0 Å². The average Bonchev–Trinajstić information content (AvgIpc) is 3.39. The highest BCUT2D eigenvalue weighted by Gasteiger charge is 2.36. The summed E-state index contributed by atoms with van der Waals surface area (Å²) in [7, 11) is 0. The van der Waals surface area contributed by atoms with E-state index in [1.54, 1.807) is 0 Å². The van der Waals surface area contributed by atoms with Crippen LogP contribution >= 0.6 is 0 Å². The highest BCUT2D eigenvalue weighted by molar-refractivity contribution is 5.95. The van der Waals surface area contributed by atoms with Crippen molar-refractivity contribution in [2.24, 2.45) is 0 Å². The lowest BCUT2D eigenvalue weighted by atomic mass is 10.1. The normalized spacial score (nSPS) is 16.2. The number of benzene rings is 1. The van der Waals surface area contributed by atoms with Crippen LogP contribution in [0.25, 0.3) is 11.4 Å². The van der Waals surface area contributed by atoms with Crippen LogP contribution in [0.4, 0.5) is 5.69 Å². The Morgan fingerprint density at radius 3 is 2.34 bits per heavy atom. The summed E-state index contributed by atoms with van der Waals surface area (Å²) in [6.45, 7) is 1.68. The second-order valence-electron chi connectivity index (χ2n) is 7.70. The van der Waals surface area contributed by atoms with Crippen molar-refractivity contribution in [1.29, 1.82) is 0 Å². The van der Waals surface area contributed by atoms with Gasteiger partial charge in [0.15, 0.2) is 12.0 Å². The number of anilines is 1. The summed E-state index contributed by atoms with van der Waals surface area (Å²) in [6, 6.07) is 7.39. The van der Waals surface area contributed by atoms with Gasteiger partial charge >= 0.3 is 5.97 Å². The first kappa shape index (κ1) is 23.7. The fourth-order valence-electron chi connectivity index (χ4n) is 3.66. The van der Waals surface area contributed by atoms with E-state index in [1.807, 2.05) is 0 Å². The van der Waals surface area contributed by atoms with Crippen molar-refractivity contribution >= 4 is 23.3 Å². The molecule has 1 saturated heterocycles. The first-order valence-corrected chi connectivity index (χ1v) is 10.4. The fraction of sp³-hybridized carbons (Fsp3) is 0.227. The predicted molar refractivity (Wildman–Crippen MR) is 120 cm³/mol. The number of carbonyl (C=O) groups excluding carboxylic acids is 3. The molecule has 1 amide bonds. The monoisotopic (exact) mass is 483 g/mol. The van der Waals surface area contributed by atoms with Crippen LogP contribution in [-0.4, -0.2) is 66.5 Å². The molecule has 0 saturated carbocycles. The number of aromatic nitrogens is 3. The van der Waals surface area contributed by atoms with Crippen LogP contribution in [0, 0.1) is 0 Å². The average molecular weight is 483 g/mol. The SMILES string of the molecule is CC(=O)N(c1ccc(-c2ncc(C(=O)On3c(O)ccc3O)c(=O)[nH]2)cc1)C(O)[C@H]1NCCC1=O. The molecule has 1 fully saturated rings. The van der Waals surface area contributed by atoms with Crippen molar-refractivity contribution < 1.29 is 34.5 Å². The third-order valence-electron chi connectivity index (χ3n) is 5.39. The quantitative estimate of drug-likeness (QED) is 0.287. The molecule has 3 aromatic rings. The Morgan fingerprint density at radius 2 is 1.80 bits per heavy atom. The maximum Gasteiger partial charge on any atom is 0.371 e. The summed E-state index contributed by atoms with van der Waals surface area (Å²) in [4.78, 5) is 61.2. The smallest absolute Gasteiger partial charge is 0.371 e. The van der Waals surface area contributed by atoms with Crippen molar-refractivity contribution in [3.63, 3.8) is 0 Å². The van der Waals surface area contributed by atoms with E-state index in [2.05, 4.69) is 15.3 Å². The largest absolute Gasteiger partial charge is 0.492 e. The van der Waals surface area contributed by atoms with Gasteiger partial charge in [0.2, 0.25) is 17.7 Å². The van der Waals surface area contributed by atoms with Crippen molar-refractivity contribution in [1.82, 2.24) is 20.0 Å². The number of ketones is 1. The number of carbonyl (C=O) groups is 3. The zero-order valence-electron chi connectivity index (χ0n) is 18.3. The van der Waals surface area contributed by atoms with E-state index in [-0.39, 0.29) is 18.0 Å². The summed E-state index contributed by atoms with van der Waals surface area (Å²) < 4.78 is 0.443. The van der Waals surface area contributed by atoms with Gasteiger partial charge in [-0.15, -0.1) is 4.73 Å². The molecule has 13 nitrogen and oxygen atoms in total. The van der Waals surface area contributed by atoms with Gasteiger partial charge in [0.05, 0.1) is 0 Å². The summed E-state index contributed by atoms with van der Waals surface area (Å²) in [6.07, 6.45) is -0.149. The molecule has 0 aliphatic carbocycles. The molecular formula is C22H21N5O8. The molecule has 1 aliphatic heterocycles. The molecule has 0 bridgehead atoms. The van der Waals surface area contributed by atoms with Crippen LogP contribution in [0.5, 0.6) is 11.8 Å². The molecule has 13 heteroatoms. The number of aliphatic hydroxyl groups is 1. The number of hydrogen-bond donors (Lipinski definition) is 5. The number of H-pyrrole nitrogens is 1. The Morgan fingerprint density at radius 1 is 1.14 bits per heavy atom. The van der Waals surface area contributed by atoms with Gasteiger partial charge in [-0.1, -0.05) is 0 Å². The number of aromatic amines is 1. The van der Waals surface area contributed by atoms with Gasteiger partial charge in [0, 0.05) is 49.5 Å². The Labute approximate surface area is 197 Å². The topological polar surface area (TPSA) is 187 Å². The van der Waals surface area contributed by atoms with Crippen LogP contribution in [0.15, 0.2) is 47.4 Å². The predicted octanol–water partition coefficient (Wildman–Crippen LogP) is -0.479. The number of hydrogen-bond acceptors (Lipinski definition) is 10. The third kappa shape index (κ3) is 4.62. The molecule has 0 spiro atoms.